The van der Waals surface area contributed by atoms with Gasteiger partial charge in [0.1, 0.15) is 11.2 Å². The van der Waals surface area contributed by atoms with Crippen molar-refractivity contribution in [2.75, 3.05) is 0 Å². The zero-order chi connectivity index (χ0) is 17.4. The molecule has 0 saturated carbocycles. The van der Waals surface area contributed by atoms with Crippen LogP contribution in [-0.4, -0.2) is 0 Å². The van der Waals surface area contributed by atoms with Crippen molar-refractivity contribution in [2.24, 2.45) is 0 Å². The predicted molar refractivity (Wildman–Crippen MR) is 108 cm³/mol. The molecule has 0 spiro atoms. The second-order valence-electron chi connectivity index (χ2n) is 7.20. The first kappa shape index (κ1) is 14.0. The maximum Gasteiger partial charge on any atom is 0.134 e. The van der Waals surface area contributed by atoms with Crippen LogP contribution < -0.4 is 0 Å². The molecule has 0 atom stereocenters. The van der Waals surface area contributed by atoms with Crippen LogP contribution in [0.25, 0.3) is 54.3 Å². The van der Waals surface area contributed by atoms with Crippen molar-refractivity contribution in [2.45, 2.75) is 13.8 Å². The third kappa shape index (κ3) is 1.71. The molecular weight excluding hydrogens is 320 g/mol. The molecule has 0 fully saturated rings. The number of hydrogen-bond donors (Lipinski definition) is 0. The van der Waals surface area contributed by atoms with E-state index in [4.69, 9.17) is 8.83 Å². The molecule has 2 aromatic heterocycles. The van der Waals surface area contributed by atoms with Crippen molar-refractivity contribution >= 4 is 54.3 Å². The third-order valence-electron chi connectivity index (χ3n) is 5.61. The number of aryl methyl sites for hydroxylation is 2. The molecule has 6 rings (SSSR count). The standard InChI is InChI=1S/C24H16O2/c1-13-11-25-23-7-15-3-6-18-17(21(15)9-19(13)23)5-4-16-8-24-20(10-22(16)18)14(2)12-26-24/h3-12H,1-2H3. The van der Waals surface area contributed by atoms with E-state index in [-0.39, 0.29) is 0 Å². The Morgan fingerprint density at radius 1 is 0.500 bits per heavy atom. The van der Waals surface area contributed by atoms with E-state index in [0.717, 1.165) is 11.2 Å². The van der Waals surface area contributed by atoms with Crippen molar-refractivity contribution in [3.8, 4) is 0 Å². The highest BCUT2D eigenvalue weighted by molar-refractivity contribution is 6.20. The second kappa shape index (κ2) is 4.67. The lowest BCUT2D eigenvalue weighted by Gasteiger charge is -2.08. The largest absolute Gasteiger partial charge is 0.464 e. The molecule has 0 radical (unpaired) electrons. The molecule has 0 aliphatic carbocycles. The first-order valence-corrected chi connectivity index (χ1v) is 8.84. The highest BCUT2D eigenvalue weighted by Crippen LogP contribution is 2.36. The van der Waals surface area contributed by atoms with Crippen LogP contribution in [0.5, 0.6) is 0 Å². The van der Waals surface area contributed by atoms with Crippen LogP contribution in [-0.2, 0) is 0 Å². The Morgan fingerprint density at radius 3 is 1.42 bits per heavy atom. The average Bonchev–Trinajstić information content (AvgIpc) is 3.21. The molecule has 2 heteroatoms. The zero-order valence-electron chi connectivity index (χ0n) is 14.6. The van der Waals surface area contributed by atoms with E-state index in [1.807, 2.05) is 12.5 Å². The molecule has 0 unspecified atom stereocenters. The molecule has 26 heavy (non-hydrogen) atoms. The summed E-state index contributed by atoms with van der Waals surface area (Å²) in [6.45, 7) is 4.19. The summed E-state index contributed by atoms with van der Waals surface area (Å²) in [5.41, 5.74) is 4.25. The molecule has 0 saturated heterocycles. The minimum absolute atomic E-state index is 0.950. The lowest BCUT2D eigenvalue weighted by molar-refractivity contribution is 0.613. The van der Waals surface area contributed by atoms with Crippen LogP contribution in [0, 0.1) is 13.8 Å². The van der Waals surface area contributed by atoms with Gasteiger partial charge in [-0.15, -0.1) is 0 Å². The first-order valence-electron chi connectivity index (χ1n) is 8.84. The van der Waals surface area contributed by atoms with Gasteiger partial charge < -0.3 is 8.83 Å². The minimum Gasteiger partial charge on any atom is -0.464 e. The molecule has 2 nitrogen and oxygen atoms in total. The molecule has 0 bridgehead atoms. The summed E-state index contributed by atoms with van der Waals surface area (Å²) in [6, 6.07) is 17.7. The van der Waals surface area contributed by atoms with Crippen LogP contribution in [0.2, 0.25) is 0 Å². The van der Waals surface area contributed by atoms with Crippen molar-refractivity contribution in [3.05, 3.63) is 72.2 Å². The Kier molecular flexibility index (Phi) is 2.51. The molecule has 0 aliphatic heterocycles. The fraction of sp³-hybridized carbons (Fsp3) is 0.0833. The molecule has 0 N–H and O–H groups in total. The maximum atomic E-state index is 5.68. The number of hydrogen-bond acceptors (Lipinski definition) is 2. The molecule has 4 aromatic carbocycles. The Balaban J connectivity index is 1.82. The lowest BCUT2D eigenvalue weighted by atomic mass is 9.95. The Morgan fingerprint density at radius 2 is 0.962 bits per heavy atom. The summed E-state index contributed by atoms with van der Waals surface area (Å²) in [7, 11) is 0. The summed E-state index contributed by atoms with van der Waals surface area (Å²) in [5.74, 6) is 0. The smallest absolute Gasteiger partial charge is 0.134 e. The van der Waals surface area contributed by atoms with Crippen LogP contribution in [0.4, 0.5) is 0 Å². The second-order valence-corrected chi connectivity index (χ2v) is 7.20. The van der Waals surface area contributed by atoms with Crippen molar-refractivity contribution in [1.82, 2.24) is 0 Å². The number of furan rings is 2. The summed E-state index contributed by atoms with van der Waals surface area (Å²) < 4.78 is 11.4. The van der Waals surface area contributed by atoms with Gasteiger partial charge in [0.25, 0.3) is 0 Å². The average molecular weight is 336 g/mol. The molecule has 2 heterocycles. The first-order chi connectivity index (χ1) is 12.7. The summed E-state index contributed by atoms with van der Waals surface area (Å²) in [5, 5.41) is 9.88. The monoisotopic (exact) mass is 336 g/mol. The van der Waals surface area contributed by atoms with E-state index < -0.39 is 0 Å². The van der Waals surface area contributed by atoms with Gasteiger partial charge in [-0.1, -0.05) is 24.3 Å². The van der Waals surface area contributed by atoms with Gasteiger partial charge in [0.15, 0.2) is 0 Å². The molecular formula is C24H16O2. The fourth-order valence-corrected chi connectivity index (χ4v) is 4.17. The van der Waals surface area contributed by atoms with Crippen molar-refractivity contribution in [3.63, 3.8) is 0 Å². The summed E-state index contributed by atoms with van der Waals surface area (Å²) in [4.78, 5) is 0. The fourth-order valence-electron chi connectivity index (χ4n) is 4.17. The summed E-state index contributed by atoms with van der Waals surface area (Å²) in [6.07, 6.45) is 3.67. The Bertz CT molecular complexity index is 1380. The highest BCUT2D eigenvalue weighted by Gasteiger charge is 2.11. The van der Waals surface area contributed by atoms with Gasteiger partial charge in [-0.05, 0) is 81.6 Å². The van der Waals surface area contributed by atoms with E-state index in [1.165, 1.54) is 54.2 Å². The molecule has 6 aromatic rings. The van der Waals surface area contributed by atoms with Gasteiger partial charge >= 0.3 is 0 Å². The van der Waals surface area contributed by atoms with E-state index in [0.29, 0.717) is 0 Å². The van der Waals surface area contributed by atoms with Crippen LogP contribution in [0.3, 0.4) is 0 Å². The van der Waals surface area contributed by atoms with Crippen LogP contribution in [0.1, 0.15) is 11.1 Å². The quantitative estimate of drug-likeness (QED) is 0.273. The molecule has 124 valence electrons. The number of rotatable bonds is 0. The van der Waals surface area contributed by atoms with Gasteiger partial charge in [-0.25, -0.2) is 0 Å². The topological polar surface area (TPSA) is 26.3 Å². The number of benzene rings is 4. The van der Waals surface area contributed by atoms with E-state index in [2.05, 4.69) is 62.4 Å². The SMILES string of the molecule is Cc1coc2cc3ccc4c5cc6c(C)coc6cc5ccc4c3cc12. The van der Waals surface area contributed by atoms with Gasteiger partial charge in [0, 0.05) is 10.8 Å². The van der Waals surface area contributed by atoms with Crippen molar-refractivity contribution in [1.29, 1.82) is 0 Å². The third-order valence-corrected chi connectivity index (χ3v) is 5.61. The normalized spacial score (nSPS) is 12.2. The zero-order valence-corrected chi connectivity index (χ0v) is 14.6. The lowest BCUT2D eigenvalue weighted by Crippen LogP contribution is -1.82. The maximum absolute atomic E-state index is 5.68. The highest BCUT2D eigenvalue weighted by atomic mass is 16.3. The number of fused-ring (bicyclic) bond motifs is 7. The summed E-state index contributed by atoms with van der Waals surface area (Å²) >= 11 is 0. The predicted octanol–water partition coefficient (Wildman–Crippen LogP) is 7.26. The Hall–Kier alpha value is -3.26. The molecule has 0 amide bonds. The van der Waals surface area contributed by atoms with Crippen molar-refractivity contribution < 1.29 is 8.83 Å². The van der Waals surface area contributed by atoms with E-state index in [9.17, 15) is 0 Å². The van der Waals surface area contributed by atoms with Crippen LogP contribution in [0.15, 0.2) is 69.9 Å². The molecule has 0 aliphatic rings. The van der Waals surface area contributed by atoms with Gasteiger partial charge in [-0.3, -0.25) is 0 Å². The Labute approximate surface area is 149 Å². The minimum atomic E-state index is 0.950. The van der Waals surface area contributed by atoms with Gasteiger partial charge in [0.05, 0.1) is 12.5 Å². The van der Waals surface area contributed by atoms with Gasteiger partial charge in [0.2, 0.25) is 0 Å². The van der Waals surface area contributed by atoms with Gasteiger partial charge in [-0.2, -0.15) is 0 Å². The van der Waals surface area contributed by atoms with Crippen LogP contribution >= 0.6 is 0 Å². The van der Waals surface area contributed by atoms with E-state index in [1.54, 1.807) is 0 Å². The van der Waals surface area contributed by atoms with E-state index >= 15 is 0 Å².